The first-order chi connectivity index (χ1) is 32.5. The predicted molar refractivity (Wildman–Crippen MR) is 313 cm³/mol. The summed E-state index contributed by atoms with van der Waals surface area (Å²) in [5, 5.41) is 0.735. The molecule has 0 heterocycles. The zero-order chi connectivity index (χ0) is 48.8. The maximum atomic E-state index is 6.36. The van der Waals surface area contributed by atoms with Gasteiger partial charge in [0.25, 0.3) is 0 Å². The molecule has 0 bridgehead atoms. The van der Waals surface area contributed by atoms with Crippen molar-refractivity contribution in [1.29, 1.82) is 0 Å². The average Bonchev–Trinajstić information content (AvgIpc) is 3.30. The molecule has 0 saturated carbocycles. The van der Waals surface area contributed by atoms with Crippen molar-refractivity contribution in [1.82, 2.24) is 0 Å². The Morgan fingerprint density at radius 1 is 0.418 bits per heavy atom. The number of alkyl halides is 2. The zero-order valence-corrected chi connectivity index (χ0v) is 52.3. The van der Waals surface area contributed by atoms with Gasteiger partial charge in [0.15, 0.2) is 0 Å². The van der Waals surface area contributed by atoms with Crippen LogP contribution in [0.4, 0.5) is 0 Å². The molecular formula is C57H94Br6O4. The number of benzene rings is 2. The second-order valence-electron chi connectivity index (χ2n) is 19.7. The summed E-state index contributed by atoms with van der Waals surface area (Å²) < 4.78 is 28.6. The lowest BCUT2D eigenvalue weighted by atomic mass is 9.78. The molecule has 0 N–H and O–H groups in total. The van der Waals surface area contributed by atoms with E-state index >= 15 is 0 Å². The third-order valence-electron chi connectivity index (χ3n) is 13.2. The van der Waals surface area contributed by atoms with Crippen molar-refractivity contribution in [3.05, 3.63) is 53.3 Å². The van der Waals surface area contributed by atoms with E-state index in [0.29, 0.717) is 19.8 Å². The first-order valence-corrected chi connectivity index (χ1v) is 32.4. The average molecular weight is 1320 g/mol. The van der Waals surface area contributed by atoms with Gasteiger partial charge in [-0.3, -0.25) is 0 Å². The molecule has 2 rings (SSSR count). The van der Waals surface area contributed by atoms with E-state index in [9.17, 15) is 0 Å². The van der Waals surface area contributed by atoms with Gasteiger partial charge in [0.05, 0.1) is 29.3 Å². The second-order valence-corrected chi connectivity index (χ2v) is 25.1. The molecule has 0 amide bonds. The SMILES string of the molecule is CCCCCCCCCCCCCCCCCCOCC(Br)COc1c(Br)cc(C(C)(C)c2cc(Br)c(OCC(CBr)OCCCCCCCCCCCCCCCCCC)c(Br)c2)cc1Br. The lowest BCUT2D eigenvalue weighted by Gasteiger charge is -2.28. The van der Waals surface area contributed by atoms with Crippen molar-refractivity contribution in [3.63, 3.8) is 0 Å². The maximum absolute atomic E-state index is 6.36. The highest BCUT2D eigenvalue weighted by molar-refractivity contribution is 9.11. The highest BCUT2D eigenvalue weighted by Gasteiger charge is 2.28. The Kier molecular flexibility index (Phi) is 40.3. The van der Waals surface area contributed by atoms with Crippen LogP contribution in [0.5, 0.6) is 11.5 Å². The monoisotopic (exact) mass is 1320 g/mol. The molecule has 2 aromatic rings. The first kappa shape index (κ1) is 64.0. The van der Waals surface area contributed by atoms with Gasteiger partial charge in [-0.15, -0.1) is 0 Å². The minimum atomic E-state index is -0.305. The lowest BCUT2D eigenvalue weighted by Crippen LogP contribution is -2.24. The van der Waals surface area contributed by atoms with Gasteiger partial charge in [0.1, 0.15) is 30.8 Å². The molecule has 0 fully saturated rings. The summed E-state index contributed by atoms with van der Waals surface area (Å²) in [6, 6.07) is 8.67. The Morgan fingerprint density at radius 3 is 1.04 bits per heavy atom. The van der Waals surface area contributed by atoms with Gasteiger partial charge in [-0.1, -0.05) is 252 Å². The fourth-order valence-electron chi connectivity index (χ4n) is 8.68. The molecule has 67 heavy (non-hydrogen) atoms. The summed E-state index contributed by atoms with van der Waals surface area (Å²) in [5.41, 5.74) is 2.01. The maximum Gasteiger partial charge on any atom is 0.147 e. The number of unbranched alkanes of at least 4 members (excludes halogenated alkanes) is 30. The summed E-state index contributed by atoms with van der Waals surface area (Å²) in [4.78, 5) is 0.110. The van der Waals surface area contributed by atoms with Crippen LogP contribution in [0.1, 0.15) is 244 Å². The van der Waals surface area contributed by atoms with Crippen molar-refractivity contribution >= 4 is 95.6 Å². The Hall–Kier alpha value is 0.840. The topological polar surface area (TPSA) is 36.9 Å². The molecule has 388 valence electrons. The molecule has 4 nitrogen and oxygen atoms in total. The Morgan fingerprint density at radius 2 is 0.716 bits per heavy atom. The van der Waals surface area contributed by atoms with Gasteiger partial charge in [-0.05, 0) is 112 Å². The van der Waals surface area contributed by atoms with E-state index in [0.717, 1.165) is 71.9 Å². The van der Waals surface area contributed by atoms with Crippen molar-refractivity contribution in [2.75, 3.05) is 38.4 Å². The van der Waals surface area contributed by atoms with Crippen LogP contribution >= 0.6 is 95.6 Å². The molecule has 0 aliphatic heterocycles. The highest BCUT2D eigenvalue weighted by Crippen LogP contribution is 2.44. The van der Waals surface area contributed by atoms with Gasteiger partial charge < -0.3 is 18.9 Å². The molecule has 0 radical (unpaired) electrons. The Bertz CT molecular complexity index is 1440. The Labute approximate surface area is 463 Å². The first-order valence-electron chi connectivity index (χ1n) is 27.2. The summed E-state index contributed by atoms with van der Waals surface area (Å²) in [6.07, 6.45) is 44.0. The van der Waals surface area contributed by atoms with Crippen LogP contribution in [0.15, 0.2) is 42.2 Å². The van der Waals surface area contributed by atoms with E-state index in [4.69, 9.17) is 18.9 Å². The molecule has 2 atom stereocenters. The zero-order valence-electron chi connectivity index (χ0n) is 42.7. The third kappa shape index (κ3) is 30.6. The van der Waals surface area contributed by atoms with E-state index in [1.54, 1.807) is 0 Å². The van der Waals surface area contributed by atoms with Crippen LogP contribution in [-0.4, -0.2) is 49.3 Å². The lowest BCUT2D eigenvalue weighted by molar-refractivity contribution is 0.0335. The van der Waals surface area contributed by atoms with E-state index in [-0.39, 0.29) is 16.3 Å². The van der Waals surface area contributed by atoms with Crippen LogP contribution in [0.2, 0.25) is 0 Å². The van der Waals surface area contributed by atoms with Crippen LogP contribution in [-0.2, 0) is 14.9 Å². The van der Waals surface area contributed by atoms with Crippen molar-refractivity contribution in [3.8, 4) is 11.5 Å². The molecule has 10 heteroatoms. The number of hydrogen-bond acceptors (Lipinski definition) is 4. The number of ether oxygens (including phenoxy) is 4. The number of halogens is 6. The summed E-state index contributed by atoms with van der Waals surface area (Å²) in [6.45, 7) is 12.3. The summed E-state index contributed by atoms with van der Waals surface area (Å²) in [7, 11) is 0. The van der Waals surface area contributed by atoms with Crippen LogP contribution in [0.25, 0.3) is 0 Å². The number of rotatable bonds is 46. The summed E-state index contributed by atoms with van der Waals surface area (Å²) in [5.74, 6) is 1.59. The molecule has 2 unspecified atom stereocenters. The minimum Gasteiger partial charge on any atom is -0.490 e. The van der Waals surface area contributed by atoms with Gasteiger partial charge in [0, 0.05) is 24.0 Å². The van der Waals surface area contributed by atoms with Gasteiger partial charge in [0.2, 0.25) is 0 Å². The molecule has 0 aromatic heterocycles. The number of hydrogen-bond donors (Lipinski definition) is 0. The molecule has 2 aromatic carbocycles. The van der Waals surface area contributed by atoms with E-state index < -0.39 is 0 Å². The van der Waals surface area contributed by atoms with Crippen molar-refractivity contribution in [2.24, 2.45) is 0 Å². The minimum absolute atomic E-state index is 0.0115. The molecular weight excluding hydrogens is 1230 g/mol. The van der Waals surface area contributed by atoms with E-state index in [2.05, 4.69) is 148 Å². The summed E-state index contributed by atoms with van der Waals surface area (Å²) >= 11 is 22.7. The van der Waals surface area contributed by atoms with Crippen LogP contribution < -0.4 is 9.47 Å². The second kappa shape index (κ2) is 42.2. The standard InChI is InChI=1S/C57H94Br6O4/c1-5-7-9-11-13-15-17-19-21-23-25-27-29-31-33-35-37-64-44-49(59)45-66-55-51(60)39-47(40-52(55)61)57(3,4)48-41-53(62)56(54(63)42-48)67-46-50(43-58)65-38-36-34-32-30-28-26-24-22-20-18-16-14-12-10-8-6-2/h39-42,49-50H,5-38,43-46H2,1-4H3. The molecule has 0 aliphatic rings. The largest absolute Gasteiger partial charge is 0.490 e. The van der Waals surface area contributed by atoms with Crippen molar-refractivity contribution in [2.45, 2.75) is 250 Å². The van der Waals surface area contributed by atoms with Crippen LogP contribution in [0.3, 0.4) is 0 Å². The third-order valence-corrected chi connectivity index (χ3v) is 16.8. The Balaban J connectivity index is 1.63. The molecule has 0 saturated heterocycles. The normalized spacial score (nSPS) is 12.8. The van der Waals surface area contributed by atoms with E-state index in [1.807, 2.05) is 0 Å². The van der Waals surface area contributed by atoms with Gasteiger partial charge in [-0.25, -0.2) is 0 Å². The van der Waals surface area contributed by atoms with Gasteiger partial charge in [-0.2, -0.15) is 0 Å². The fourth-order valence-corrected chi connectivity index (χ4v) is 12.2. The van der Waals surface area contributed by atoms with Gasteiger partial charge >= 0.3 is 0 Å². The fraction of sp³-hybridized carbons (Fsp3) is 0.789. The predicted octanol–water partition coefficient (Wildman–Crippen LogP) is 21.9. The van der Waals surface area contributed by atoms with Crippen molar-refractivity contribution < 1.29 is 18.9 Å². The molecule has 0 spiro atoms. The smallest absolute Gasteiger partial charge is 0.147 e. The molecule has 0 aliphatic carbocycles. The van der Waals surface area contributed by atoms with Crippen LogP contribution in [0, 0.1) is 0 Å². The quantitative estimate of drug-likeness (QED) is 0.0489. The van der Waals surface area contributed by atoms with E-state index in [1.165, 1.54) is 193 Å². The highest BCUT2D eigenvalue weighted by atomic mass is 79.9.